The molecule has 0 saturated heterocycles. The van der Waals surface area contributed by atoms with Gasteiger partial charge in [-0.1, -0.05) is 0 Å². The highest BCUT2D eigenvalue weighted by molar-refractivity contribution is 5.73. The van der Waals surface area contributed by atoms with Crippen LogP contribution in [0.5, 0.6) is 0 Å². The standard InChI is InChI=1S/C13H17F3N6O2/c1-22-7-6-17-10(22)12(24,13(14,15)16)3-5-18-11(23)19-8-9-2-4-20-21-9/h2,4,6-7,24H,3,5,8H2,1H3,(H,20,21)(H2,18,19,23)/t12-/m1/s1. The second-order valence-corrected chi connectivity index (χ2v) is 5.16. The number of halogens is 3. The third kappa shape index (κ3) is 3.85. The number of hydrogen-bond donors (Lipinski definition) is 4. The van der Waals surface area contributed by atoms with Crippen LogP contribution >= 0.6 is 0 Å². The summed E-state index contributed by atoms with van der Waals surface area (Å²) < 4.78 is 40.9. The van der Waals surface area contributed by atoms with Crippen molar-refractivity contribution in [2.75, 3.05) is 6.54 Å². The van der Waals surface area contributed by atoms with E-state index in [0.29, 0.717) is 5.69 Å². The van der Waals surface area contributed by atoms with Gasteiger partial charge >= 0.3 is 12.2 Å². The molecule has 4 N–H and O–H groups in total. The summed E-state index contributed by atoms with van der Waals surface area (Å²) in [7, 11) is 1.35. The Bertz CT molecular complexity index is 670. The van der Waals surface area contributed by atoms with Crippen LogP contribution in [0, 0.1) is 0 Å². The number of aromatic nitrogens is 4. The summed E-state index contributed by atoms with van der Waals surface area (Å²) in [6, 6.07) is 0.984. The van der Waals surface area contributed by atoms with Gasteiger partial charge in [-0.25, -0.2) is 9.78 Å². The number of H-pyrrole nitrogens is 1. The van der Waals surface area contributed by atoms with E-state index in [4.69, 9.17) is 0 Å². The number of carbonyl (C=O) groups excluding carboxylic acids is 1. The largest absolute Gasteiger partial charge is 0.424 e. The maximum absolute atomic E-state index is 13.3. The number of nitrogens with one attached hydrogen (secondary N) is 3. The molecular formula is C13H17F3N6O2. The first kappa shape index (κ1) is 17.8. The van der Waals surface area contributed by atoms with Crippen molar-refractivity contribution >= 4 is 6.03 Å². The minimum absolute atomic E-state index is 0.148. The van der Waals surface area contributed by atoms with Gasteiger partial charge in [0.1, 0.15) is 5.82 Å². The van der Waals surface area contributed by atoms with E-state index in [9.17, 15) is 23.1 Å². The number of carbonyl (C=O) groups is 1. The number of aliphatic hydroxyl groups is 1. The molecule has 2 rings (SSSR count). The topological polar surface area (TPSA) is 108 Å². The SMILES string of the molecule is Cn1ccnc1[C@](O)(CCNC(=O)NCc1ccn[nH]1)C(F)(F)F. The maximum atomic E-state index is 13.3. The van der Waals surface area contributed by atoms with Gasteiger partial charge in [-0.15, -0.1) is 0 Å². The van der Waals surface area contributed by atoms with Crippen molar-refractivity contribution in [1.82, 2.24) is 30.4 Å². The van der Waals surface area contributed by atoms with Gasteiger partial charge in [0.15, 0.2) is 0 Å². The Balaban J connectivity index is 1.92. The van der Waals surface area contributed by atoms with Gasteiger partial charge < -0.3 is 20.3 Å². The van der Waals surface area contributed by atoms with E-state index in [1.165, 1.54) is 19.4 Å². The van der Waals surface area contributed by atoms with Crippen molar-refractivity contribution in [2.45, 2.75) is 24.7 Å². The molecule has 0 bridgehead atoms. The van der Waals surface area contributed by atoms with Crippen LogP contribution in [-0.4, -0.2) is 43.6 Å². The number of rotatable bonds is 6. The fourth-order valence-electron chi connectivity index (χ4n) is 2.12. The van der Waals surface area contributed by atoms with Gasteiger partial charge in [0.25, 0.3) is 0 Å². The number of urea groups is 1. The number of alkyl halides is 3. The molecule has 2 aromatic heterocycles. The van der Waals surface area contributed by atoms with E-state index in [1.807, 2.05) is 0 Å². The lowest BCUT2D eigenvalue weighted by Gasteiger charge is -2.29. The second-order valence-electron chi connectivity index (χ2n) is 5.16. The number of aryl methyl sites for hydroxylation is 1. The summed E-state index contributed by atoms with van der Waals surface area (Å²) >= 11 is 0. The van der Waals surface area contributed by atoms with Crippen molar-refractivity contribution in [3.8, 4) is 0 Å². The highest BCUT2D eigenvalue weighted by Crippen LogP contribution is 2.40. The first-order valence-electron chi connectivity index (χ1n) is 7.01. The van der Waals surface area contributed by atoms with Crippen molar-refractivity contribution in [1.29, 1.82) is 0 Å². The highest BCUT2D eigenvalue weighted by Gasteiger charge is 2.57. The van der Waals surface area contributed by atoms with Crippen LogP contribution in [0.2, 0.25) is 0 Å². The molecule has 2 heterocycles. The third-order valence-corrected chi connectivity index (χ3v) is 3.43. The van der Waals surface area contributed by atoms with E-state index in [2.05, 4.69) is 25.8 Å². The molecule has 0 aliphatic rings. The molecule has 24 heavy (non-hydrogen) atoms. The molecule has 2 aromatic rings. The zero-order chi connectivity index (χ0) is 17.8. The Labute approximate surface area is 135 Å². The number of imidazole rings is 1. The predicted molar refractivity (Wildman–Crippen MR) is 76.6 cm³/mol. The van der Waals surface area contributed by atoms with Gasteiger partial charge in [0.05, 0.1) is 12.2 Å². The van der Waals surface area contributed by atoms with E-state index in [1.54, 1.807) is 6.07 Å². The maximum Gasteiger partial charge on any atom is 0.424 e. The molecule has 0 aromatic carbocycles. The van der Waals surface area contributed by atoms with E-state index in [-0.39, 0.29) is 6.54 Å². The summed E-state index contributed by atoms with van der Waals surface area (Å²) in [5.41, 5.74) is -2.51. The minimum atomic E-state index is -4.93. The Kier molecular flexibility index (Phi) is 5.12. The van der Waals surface area contributed by atoms with Crippen molar-refractivity contribution in [2.24, 2.45) is 7.05 Å². The number of amides is 2. The first-order valence-corrected chi connectivity index (χ1v) is 7.01. The van der Waals surface area contributed by atoms with Crippen LogP contribution in [0.1, 0.15) is 17.9 Å². The average Bonchev–Trinajstić information content (AvgIpc) is 3.15. The van der Waals surface area contributed by atoms with Crippen LogP contribution in [0.4, 0.5) is 18.0 Å². The quantitative estimate of drug-likeness (QED) is 0.620. The lowest BCUT2D eigenvalue weighted by molar-refractivity contribution is -0.272. The molecule has 0 unspecified atom stereocenters. The molecule has 1 atom stereocenters. The van der Waals surface area contributed by atoms with Gasteiger partial charge in [0.2, 0.25) is 5.60 Å². The zero-order valence-electron chi connectivity index (χ0n) is 12.8. The molecule has 0 fully saturated rings. The van der Waals surface area contributed by atoms with Crippen molar-refractivity contribution in [3.05, 3.63) is 36.2 Å². The lowest BCUT2D eigenvalue weighted by Crippen LogP contribution is -2.47. The van der Waals surface area contributed by atoms with Gasteiger partial charge in [-0.3, -0.25) is 5.10 Å². The Hall–Kier alpha value is -2.56. The highest BCUT2D eigenvalue weighted by atomic mass is 19.4. The molecule has 0 aliphatic carbocycles. The molecule has 0 aliphatic heterocycles. The normalized spacial score (nSPS) is 14.2. The Morgan fingerprint density at radius 2 is 2.12 bits per heavy atom. The van der Waals surface area contributed by atoms with Crippen molar-refractivity contribution in [3.63, 3.8) is 0 Å². The second kappa shape index (κ2) is 6.91. The predicted octanol–water partition coefficient (Wildman–Crippen LogP) is 0.783. The molecule has 0 saturated carbocycles. The minimum Gasteiger partial charge on any atom is -0.374 e. The van der Waals surface area contributed by atoms with Crippen LogP contribution in [0.25, 0.3) is 0 Å². The summed E-state index contributed by atoms with van der Waals surface area (Å²) in [6.07, 6.45) is -1.72. The fraction of sp³-hybridized carbons (Fsp3) is 0.462. The fourth-order valence-corrected chi connectivity index (χ4v) is 2.12. The van der Waals surface area contributed by atoms with Crippen LogP contribution in [0.3, 0.4) is 0 Å². The Morgan fingerprint density at radius 3 is 2.67 bits per heavy atom. The average molecular weight is 346 g/mol. The van der Waals surface area contributed by atoms with E-state index >= 15 is 0 Å². The summed E-state index contributed by atoms with van der Waals surface area (Å²) in [6.45, 7) is -0.244. The van der Waals surface area contributed by atoms with Crippen molar-refractivity contribution < 1.29 is 23.1 Å². The lowest BCUT2D eigenvalue weighted by atomic mass is 9.97. The smallest absolute Gasteiger partial charge is 0.374 e. The molecule has 132 valence electrons. The Morgan fingerprint density at radius 1 is 1.38 bits per heavy atom. The van der Waals surface area contributed by atoms with Crippen LogP contribution in [0.15, 0.2) is 24.7 Å². The summed E-state index contributed by atoms with van der Waals surface area (Å²) in [5, 5.41) is 21.1. The third-order valence-electron chi connectivity index (χ3n) is 3.43. The number of nitrogens with zero attached hydrogens (tertiary/aromatic N) is 3. The van der Waals surface area contributed by atoms with Gasteiger partial charge in [-0.05, 0) is 6.07 Å². The number of aromatic amines is 1. The van der Waals surface area contributed by atoms with E-state index in [0.717, 1.165) is 10.8 Å². The van der Waals surface area contributed by atoms with Gasteiger partial charge in [-0.2, -0.15) is 18.3 Å². The molecular weight excluding hydrogens is 329 g/mol. The molecule has 8 nitrogen and oxygen atoms in total. The monoisotopic (exact) mass is 346 g/mol. The first-order chi connectivity index (χ1) is 11.2. The van der Waals surface area contributed by atoms with Gasteiger partial charge in [0, 0.05) is 38.6 Å². The summed E-state index contributed by atoms with van der Waals surface area (Å²) in [5.74, 6) is -0.533. The summed E-state index contributed by atoms with van der Waals surface area (Å²) in [4.78, 5) is 15.2. The van der Waals surface area contributed by atoms with Crippen LogP contribution < -0.4 is 10.6 Å². The molecule has 11 heteroatoms. The molecule has 2 amide bonds. The zero-order valence-corrected chi connectivity index (χ0v) is 12.8. The molecule has 0 spiro atoms. The van der Waals surface area contributed by atoms with E-state index < -0.39 is 36.6 Å². The molecule has 0 radical (unpaired) electrons. The van der Waals surface area contributed by atoms with Crippen LogP contribution in [-0.2, 0) is 19.2 Å². The number of hydrogen-bond acceptors (Lipinski definition) is 4.